The zero-order valence-corrected chi connectivity index (χ0v) is 21.8. The molecule has 0 radical (unpaired) electrons. The van der Waals surface area contributed by atoms with Crippen LogP contribution in [0.4, 0.5) is 10.5 Å². The Hall–Kier alpha value is -3.84. The summed E-state index contributed by atoms with van der Waals surface area (Å²) in [7, 11) is 0. The fourth-order valence-electron chi connectivity index (χ4n) is 4.14. The number of hydrogen-bond donors (Lipinski definition) is 2. The Balaban J connectivity index is 1.60. The van der Waals surface area contributed by atoms with E-state index in [9.17, 15) is 14.4 Å². The second-order valence-electron chi connectivity index (χ2n) is 9.59. The van der Waals surface area contributed by atoms with Crippen LogP contribution in [0.25, 0.3) is 0 Å². The minimum atomic E-state index is -0.869. The molecule has 8 heteroatoms. The number of cyclic esters (lactones) is 1. The van der Waals surface area contributed by atoms with Gasteiger partial charge in [-0.2, -0.15) is 0 Å². The SMILES string of the molecule is Cc1ccc(CN2C(=O)O[C@H](c3cccc(NC(=O)c4cccc(Cl)c4)c3)[C@H]2C(=O)NCC(C)C)cc1. The van der Waals surface area contributed by atoms with Gasteiger partial charge in [-0.05, 0) is 54.3 Å². The van der Waals surface area contributed by atoms with E-state index in [1.54, 1.807) is 48.5 Å². The molecule has 0 bridgehead atoms. The molecule has 1 fully saturated rings. The highest BCUT2D eigenvalue weighted by atomic mass is 35.5. The number of nitrogens with one attached hydrogen (secondary N) is 2. The predicted octanol–water partition coefficient (Wildman–Crippen LogP) is 5.74. The second kappa shape index (κ2) is 11.5. The Morgan fingerprint density at radius 3 is 2.46 bits per heavy atom. The number of rotatable bonds is 8. The molecule has 192 valence electrons. The highest BCUT2D eigenvalue weighted by molar-refractivity contribution is 6.31. The van der Waals surface area contributed by atoms with E-state index < -0.39 is 18.2 Å². The summed E-state index contributed by atoms with van der Waals surface area (Å²) in [6, 6.07) is 20.6. The molecule has 3 amide bonds. The lowest BCUT2D eigenvalue weighted by molar-refractivity contribution is -0.126. The Morgan fingerprint density at radius 1 is 1.03 bits per heavy atom. The highest BCUT2D eigenvalue weighted by Crippen LogP contribution is 2.35. The van der Waals surface area contributed by atoms with Crippen LogP contribution in [0.2, 0.25) is 5.02 Å². The smallest absolute Gasteiger partial charge is 0.411 e. The van der Waals surface area contributed by atoms with Gasteiger partial charge in [0.15, 0.2) is 12.1 Å². The molecule has 0 spiro atoms. The molecule has 0 saturated carbocycles. The van der Waals surface area contributed by atoms with Crippen LogP contribution in [-0.4, -0.2) is 35.4 Å². The summed E-state index contributed by atoms with van der Waals surface area (Å²) in [5, 5.41) is 6.26. The van der Waals surface area contributed by atoms with Gasteiger partial charge in [0.2, 0.25) is 5.91 Å². The minimum Gasteiger partial charge on any atom is -0.438 e. The number of carbonyl (C=O) groups is 3. The molecule has 2 atom stereocenters. The van der Waals surface area contributed by atoms with Gasteiger partial charge in [-0.3, -0.25) is 14.5 Å². The lowest BCUT2D eigenvalue weighted by Gasteiger charge is -2.25. The topological polar surface area (TPSA) is 87.7 Å². The third-order valence-electron chi connectivity index (χ3n) is 6.07. The van der Waals surface area contributed by atoms with Crippen molar-refractivity contribution in [1.29, 1.82) is 0 Å². The fourth-order valence-corrected chi connectivity index (χ4v) is 4.33. The normalized spacial score (nSPS) is 17.0. The lowest BCUT2D eigenvalue weighted by atomic mass is 9.99. The van der Waals surface area contributed by atoms with E-state index in [0.717, 1.165) is 11.1 Å². The molecule has 3 aromatic carbocycles. The first-order valence-electron chi connectivity index (χ1n) is 12.2. The molecule has 1 heterocycles. The van der Waals surface area contributed by atoms with E-state index in [1.807, 2.05) is 45.0 Å². The maximum absolute atomic E-state index is 13.3. The number of amides is 3. The lowest BCUT2D eigenvalue weighted by Crippen LogP contribution is -2.47. The number of nitrogens with zero attached hydrogens (tertiary/aromatic N) is 1. The summed E-state index contributed by atoms with van der Waals surface area (Å²) in [5.41, 5.74) is 3.53. The van der Waals surface area contributed by atoms with E-state index in [2.05, 4.69) is 10.6 Å². The standard InChI is InChI=1S/C29H30ClN3O4/c1-18(2)16-31-28(35)25-26(37-29(36)33(25)17-20-12-10-19(3)11-13-20)21-6-5-9-24(15-21)32-27(34)22-7-4-8-23(30)14-22/h4-15,18,25-26H,16-17H2,1-3H3,(H,31,35)(H,32,34)/t25-,26+/m0/s1. The molecular weight excluding hydrogens is 490 g/mol. The molecule has 1 aliphatic rings. The van der Waals surface area contributed by atoms with Crippen molar-refractivity contribution in [3.05, 3.63) is 100 Å². The van der Waals surface area contributed by atoms with Gasteiger partial charge in [-0.1, -0.05) is 73.5 Å². The summed E-state index contributed by atoms with van der Waals surface area (Å²) in [4.78, 5) is 40.5. The number of benzene rings is 3. The van der Waals surface area contributed by atoms with E-state index in [1.165, 1.54) is 4.90 Å². The van der Waals surface area contributed by atoms with Crippen molar-refractivity contribution in [1.82, 2.24) is 10.2 Å². The highest BCUT2D eigenvalue weighted by Gasteiger charge is 2.47. The zero-order chi connectivity index (χ0) is 26.5. The third-order valence-corrected chi connectivity index (χ3v) is 6.31. The van der Waals surface area contributed by atoms with Crippen LogP contribution in [0.1, 0.15) is 47.0 Å². The molecule has 1 aliphatic heterocycles. The van der Waals surface area contributed by atoms with Crippen molar-refractivity contribution in [2.45, 2.75) is 39.5 Å². The monoisotopic (exact) mass is 519 g/mol. The molecule has 2 N–H and O–H groups in total. The summed E-state index contributed by atoms with van der Waals surface area (Å²) in [6.07, 6.45) is -1.41. The molecule has 0 aliphatic carbocycles. The van der Waals surface area contributed by atoms with E-state index >= 15 is 0 Å². The number of aryl methyl sites for hydroxylation is 1. The van der Waals surface area contributed by atoms with Crippen LogP contribution < -0.4 is 10.6 Å². The maximum atomic E-state index is 13.3. The van der Waals surface area contributed by atoms with Gasteiger partial charge in [0.1, 0.15) is 0 Å². The van der Waals surface area contributed by atoms with Crippen LogP contribution in [-0.2, 0) is 16.1 Å². The van der Waals surface area contributed by atoms with Gasteiger partial charge in [0.25, 0.3) is 5.91 Å². The Kier molecular flexibility index (Phi) is 8.14. The largest absolute Gasteiger partial charge is 0.438 e. The number of anilines is 1. The van der Waals surface area contributed by atoms with E-state index in [4.69, 9.17) is 16.3 Å². The van der Waals surface area contributed by atoms with Gasteiger partial charge >= 0.3 is 6.09 Å². The van der Waals surface area contributed by atoms with Gasteiger partial charge in [0.05, 0.1) is 6.54 Å². The molecule has 3 aromatic rings. The summed E-state index contributed by atoms with van der Waals surface area (Å²) < 4.78 is 5.75. The number of hydrogen-bond acceptors (Lipinski definition) is 4. The molecule has 1 saturated heterocycles. The van der Waals surface area contributed by atoms with E-state index in [0.29, 0.717) is 28.4 Å². The van der Waals surface area contributed by atoms with Crippen LogP contribution >= 0.6 is 11.6 Å². The van der Waals surface area contributed by atoms with Crippen molar-refractivity contribution in [2.24, 2.45) is 5.92 Å². The average Bonchev–Trinajstić information content (AvgIpc) is 3.20. The average molecular weight is 520 g/mol. The summed E-state index contributed by atoms with van der Waals surface area (Å²) >= 11 is 6.02. The van der Waals surface area contributed by atoms with Crippen LogP contribution in [0.5, 0.6) is 0 Å². The number of carbonyl (C=O) groups excluding carboxylic acids is 3. The number of halogens is 1. The molecule has 0 aromatic heterocycles. The Bertz CT molecular complexity index is 1290. The fraction of sp³-hybridized carbons (Fsp3) is 0.276. The van der Waals surface area contributed by atoms with Crippen LogP contribution in [0.15, 0.2) is 72.8 Å². The predicted molar refractivity (Wildman–Crippen MR) is 143 cm³/mol. The van der Waals surface area contributed by atoms with Crippen molar-refractivity contribution in [3.63, 3.8) is 0 Å². The maximum Gasteiger partial charge on any atom is 0.411 e. The second-order valence-corrected chi connectivity index (χ2v) is 10.0. The Labute approximate surface area is 221 Å². The molecule has 0 unspecified atom stereocenters. The minimum absolute atomic E-state index is 0.237. The molecule has 4 rings (SSSR count). The van der Waals surface area contributed by atoms with Crippen LogP contribution in [0, 0.1) is 12.8 Å². The van der Waals surface area contributed by atoms with Crippen molar-refractivity contribution >= 4 is 35.2 Å². The van der Waals surface area contributed by atoms with Crippen molar-refractivity contribution in [3.8, 4) is 0 Å². The Morgan fingerprint density at radius 2 is 1.76 bits per heavy atom. The molecule has 37 heavy (non-hydrogen) atoms. The van der Waals surface area contributed by atoms with Gasteiger partial charge in [0, 0.05) is 22.8 Å². The van der Waals surface area contributed by atoms with Crippen molar-refractivity contribution in [2.75, 3.05) is 11.9 Å². The van der Waals surface area contributed by atoms with Gasteiger partial charge in [-0.15, -0.1) is 0 Å². The first kappa shape index (κ1) is 26.2. The quantitative estimate of drug-likeness (QED) is 0.397. The van der Waals surface area contributed by atoms with Crippen LogP contribution in [0.3, 0.4) is 0 Å². The molecular formula is C29H30ClN3O4. The zero-order valence-electron chi connectivity index (χ0n) is 21.0. The third kappa shape index (κ3) is 6.49. The summed E-state index contributed by atoms with van der Waals surface area (Å²) in [5.74, 6) is -0.365. The van der Waals surface area contributed by atoms with E-state index in [-0.39, 0.29) is 24.3 Å². The first-order chi connectivity index (χ1) is 17.7. The van der Waals surface area contributed by atoms with Gasteiger partial charge < -0.3 is 15.4 Å². The van der Waals surface area contributed by atoms with Gasteiger partial charge in [-0.25, -0.2) is 4.79 Å². The molecule has 7 nitrogen and oxygen atoms in total. The number of ether oxygens (including phenoxy) is 1. The first-order valence-corrected chi connectivity index (χ1v) is 12.6. The summed E-state index contributed by atoms with van der Waals surface area (Å²) in [6.45, 7) is 6.71. The van der Waals surface area contributed by atoms with Crippen molar-refractivity contribution < 1.29 is 19.1 Å².